The van der Waals surface area contributed by atoms with E-state index in [1.54, 1.807) is 30.3 Å². The highest BCUT2D eigenvalue weighted by Crippen LogP contribution is 2.22. The van der Waals surface area contributed by atoms with Gasteiger partial charge in [-0.15, -0.1) is 4.91 Å². The van der Waals surface area contributed by atoms with Crippen molar-refractivity contribution in [1.29, 1.82) is 0 Å². The van der Waals surface area contributed by atoms with Crippen molar-refractivity contribution in [2.45, 2.75) is 6.92 Å². The first-order valence-corrected chi connectivity index (χ1v) is 5.83. The van der Waals surface area contributed by atoms with E-state index in [-0.39, 0.29) is 0 Å². The molecule has 1 N–H and O–H groups in total. The van der Waals surface area contributed by atoms with Crippen LogP contribution in [0.5, 0.6) is 0 Å². The van der Waals surface area contributed by atoms with Gasteiger partial charge in [0, 0.05) is 18.2 Å². The van der Waals surface area contributed by atoms with Gasteiger partial charge in [-0.1, -0.05) is 11.6 Å². The predicted octanol–water partition coefficient (Wildman–Crippen LogP) is 3.63. The highest BCUT2D eigenvalue weighted by molar-refractivity contribution is 6.29. The SMILES string of the molecule is CCNc1cc(Cl)nc(-c2ccc(N=O)cc2)n1. The van der Waals surface area contributed by atoms with Crippen LogP contribution in [-0.2, 0) is 0 Å². The molecule has 0 saturated carbocycles. The van der Waals surface area contributed by atoms with Gasteiger partial charge in [-0.2, -0.15) is 0 Å². The molecule has 0 aliphatic heterocycles. The number of hydrogen-bond acceptors (Lipinski definition) is 5. The molecular weight excluding hydrogens is 252 g/mol. The fourth-order valence-corrected chi connectivity index (χ4v) is 1.67. The molecule has 0 unspecified atom stereocenters. The fourth-order valence-electron chi connectivity index (χ4n) is 1.49. The Balaban J connectivity index is 2.39. The molecular formula is C12H11ClN4O. The Morgan fingerprint density at radius 2 is 2.00 bits per heavy atom. The Kier molecular flexibility index (Phi) is 3.84. The maximum Gasteiger partial charge on any atom is 0.163 e. The van der Waals surface area contributed by atoms with Crippen molar-refractivity contribution in [3.8, 4) is 11.4 Å². The maximum atomic E-state index is 10.3. The number of anilines is 1. The summed E-state index contributed by atoms with van der Waals surface area (Å²) >= 11 is 5.93. The van der Waals surface area contributed by atoms with Crippen LogP contribution in [0.3, 0.4) is 0 Å². The summed E-state index contributed by atoms with van der Waals surface area (Å²) in [5, 5.41) is 6.29. The molecule has 5 nitrogen and oxygen atoms in total. The van der Waals surface area contributed by atoms with Crippen LogP contribution in [0.25, 0.3) is 11.4 Å². The normalized spacial score (nSPS) is 10.1. The summed E-state index contributed by atoms with van der Waals surface area (Å²) in [6.45, 7) is 2.72. The second-order valence-corrected chi connectivity index (χ2v) is 3.96. The molecule has 0 fully saturated rings. The molecule has 1 aromatic heterocycles. The molecule has 0 aliphatic rings. The summed E-state index contributed by atoms with van der Waals surface area (Å²) in [6, 6.07) is 8.35. The van der Waals surface area contributed by atoms with Crippen LogP contribution in [0.15, 0.2) is 35.5 Å². The lowest BCUT2D eigenvalue weighted by Gasteiger charge is -2.06. The van der Waals surface area contributed by atoms with Gasteiger partial charge in [0.05, 0.1) is 0 Å². The lowest BCUT2D eigenvalue weighted by Crippen LogP contribution is -2.01. The third kappa shape index (κ3) is 2.81. The van der Waals surface area contributed by atoms with E-state index < -0.39 is 0 Å². The van der Waals surface area contributed by atoms with E-state index in [9.17, 15) is 4.91 Å². The van der Waals surface area contributed by atoms with Crippen molar-refractivity contribution < 1.29 is 0 Å². The summed E-state index contributed by atoms with van der Waals surface area (Å²) in [4.78, 5) is 18.8. The van der Waals surface area contributed by atoms with Gasteiger partial charge in [0.25, 0.3) is 0 Å². The minimum atomic E-state index is 0.368. The molecule has 1 heterocycles. The van der Waals surface area contributed by atoms with Gasteiger partial charge in [0.2, 0.25) is 0 Å². The monoisotopic (exact) mass is 262 g/mol. The van der Waals surface area contributed by atoms with Crippen LogP contribution in [0.2, 0.25) is 5.15 Å². The topological polar surface area (TPSA) is 67.2 Å². The van der Waals surface area contributed by atoms with Gasteiger partial charge >= 0.3 is 0 Å². The lowest BCUT2D eigenvalue weighted by molar-refractivity contribution is 1.12. The molecule has 0 amide bonds. The van der Waals surface area contributed by atoms with Gasteiger partial charge in [-0.05, 0) is 36.4 Å². The van der Waals surface area contributed by atoms with Gasteiger partial charge in [-0.3, -0.25) is 0 Å². The molecule has 6 heteroatoms. The van der Waals surface area contributed by atoms with Gasteiger partial charge in [0.1, 0.15) is 16.7 Å². The van der Waals surface area contributed by atoms with Crippen molar-refractivity contribution in [2.75, 3.05) is 11.9 Å². The highest BCUT2D eigenvalue weighted by Gasteiger charge is 2.05. The van der Waals surface area contributed by atoms with E-state index in [1.807, 2.05) is 6.92 Å². The average Bonchev–Trinajstić information content (AvgIpc) is 2.38. The molecule has 18 heavy (non-hydrogen) atoms. The fraction of sp³-hybridized carbons (Fsp3) is 0.167. The summed E-state index contributed by atoms with van der Waals surface area (Å²) in [7, 11) is 0. The van der Waals surface area contributed by atoms with Crippen LogP contribution in [0.1, 0.15) is 6.92 Å². The van der Waals surface area contributed by atoms with Crippen molar-refractivity contribution in [3.05, 3.63) is 40.4 Å². The minimum Gasteiger partial charge on any atom is -0.370 e. The zero-order valence-corrected chi connectivity index (χ0v) is 10.5. The second-order valence-electron chi connectivity index (χ2n) is 3.57. The molecule has 1 aromatic carbocycles. The molecule has 0 saturated heterocycles. The Morgan fingerprint density at radius 3 is 2.61 bits per heavy atom. The molecule has 0 atom stereocenters. The molecule has 2 rings (SSSR count). The number of rotatable bonds is 4. The van der Waals surface area contributed by atoms with E-state index in [0.717, 1.165) is 12.1 Å². The zero-order valence-electron chi connectivity index (χ0n) is 9.72. The van der Waals surface area contributed by atoms with Gasteiger partial charge in [0.15, 0.2) is 5.82 Å². The molecule has 0 aliphatic carbocycles. The Morgan fingerprint density at radius 1 is 1.28 bits per heavy atom. The largest absolute Gasteiger partial charge is 0.370 e. The van der Waals surface area contributed by atoms with Crippen LogP contribution in [0.4, 0.5) is 11.5 Å². The van der Waals surface area contributed by atoms with E-state index >= 15 is 0 Å². The Bertz CT molecular complexity index is 557. The molecule has 92 valence electrons. The van der Waals surface area contributed by atoms with Crippen molar-refractivity contribution in [2.24, 2.45) is 5.18 Å². The van der Waals surface area contributed by atoms with Crippen LogP contribution < -0.4 is 5.32 Å². The van der Waals surface area contributed by atoms with E-state index in [0.29, 0.717) is 22.5 Å². The van der Waals surface area contributed by atoms with E-state index in [4.69, 9.17) is 11.6 Å². The van der Waals surface area contributed by atoms with Crippen molar-refractivity contribution >= 4 is 23.1 Å². The molecule has 2 aromatic rings. The quantitative estimate of drug-likeness (QED) is 0.675. The third-order valence-electron chi connectivity index (χ3n) is 2.28. The molecule has 0 radical (unpaired) electrons. The number of nitrogens with zero attached hydrogens (tertiary/aromatic N) is 3. The maximum absolute atomic E-state index is 10.3. The number of halogens is 1. The molecule has 0 bridgehead atoms. The number of benzene rings is 1. The lowest BCUT2D eigenvalue weighted by atomic mass is 10.2. The van der Waals surface area contributed by atoms with E-state index in [2.05, 4.69) is 20.5 Å². The van der Waals surface area contributed by atoms with Crippen LogP contribution in [-0.4, -0.2) is 16.5 Å². The number of nitrogens with one attached hydrogen (secondary N) is 1. The zero-order chi connectivity index (χ0) is 13.0. The van der Waals surface area contributed by atoms with Crippen LogP contribution >= 0.6 is 11.6 Å². The first-order chi connectivity index (χ1) is 8.72. The summed E-state index contributed by atoms with van der Waals surface area (Å²) in [6.07, 6.45) is 0. The number of nitroso groups, excluding NO2 is 1. The van der Waals surface area contributed by atoms with Gasteiger partial charge < -0.3 is 5.32 Å². The number of aromatic nitrogens is 2. The first kappa shape index (κ1) is 12.4. The minimum absolute atomic E-state index is 0.368. The Hall–Kier alpha value is -2.01. The smallest absolute Gasteiger partial charge is 0.163 e. The van der Waals surface area contributed by atoms with Crippen molar-refractivity contribution in [3.63, 3.8) is 0 Å². The Labute approximate surface area is 109 Å². The van der Waals surface area contributed by atoms with Gasteiger partial charge in [-0.25, -0.2) is 9.97 Å². The number of hydrogen-bond donors (Lipinski definition) is 1. The van der Waals surface area contributed by atoms with Crippen LogP contribution in [0, 0.1) is 4.91 Å². The standard InChI is InChI=1S/C12H11ClN4O/c1-2-14-11-7-10(13)15-12(16-11)8-3-5-9(17-18)6-4-8/h3-7H,2H2,1H3,(H,14,15,16). The van der Waals surface area contributed by atoms with E-state index in [1.165, 1.54) is 0 Å². The second kappa shape index (κ2) is 5.55. The summed E-state index contributed by atoms with van der Waals surface area (Å²) in [5.41, 5.74) is 1.15. The molecule has 0 spiro atoms. The van der Waals surface area contributed by atoms with Crippen molar-refractivity contribution in [1.82, 2.24) is 9.97 Å². The predicted molar refractivity (Wildman–Crippen MR) is 72.1 cm³/mol. The summed E-state index contributed by atoms with van der Waals surface area (Å²) in [5.74, 6) is 1.18. The average molecular weight is 263 g/mol. The highest BCUT2D eigenvalue weighted by atomic mass is 35.5. The summed E-state index contributed by atoms with van der Waals surface area (Å²) < 4.78 is 0. The first-order valence-electron chi connectivity index (χ1n) is 5.45. The third-order valence-corrected chi connectivity index (χ3v) is 2.48.